The fraction of sp³-hybridized carbons (Fsp3) is 0.800. The van der Waals surface area contributed by atoms with E-state index in [0.29, 0.717) is 6.61 Å². The zero-order chi connectivity index (χ0) is 9.78. The molecular formula is C10H20O2. The Bertz CT molecular complexity index is 139. The molecule has 0 aliphatic rings. The summed E-state index contributed by atoms with van der Waals surface area (Å²) in [4.78, 5) is 0. The minimum atomic E-state index is -0.336. The molecule has 0 aromatic rings. The minimum absolute atomic E-state index is 0.206. The van der Waals surface area contributed by atoms with Gasteiger partial charge in [-0.3, -0.25) is 0 Å². The molecular weight excluding hydrogens is 152 g/mol. The summed E-state index contributed by atoms with van der Waals surface area (Å²) in [6.45, 7) is 11.9. The van der Waals surface area contributed by atoms with Crippen molar-refractivity contribution in [3.63, 3.8) is 0 Å². The van der Waals surface area contributed by atoms with Crippen LogP contribution in [0.3, 0.4) is 0 Å². The molecule has 72 valence electrons. The SMILES string of the molecule is C=COCC(C)(C)C(O)C(C)C. The highest BCUT2D eigenvalue weighted by atomic mass is 16.5. The number of aliphatic hydroxyl groups is 1. The second kappa shape index (κ2) is 4.51. The van der Waals surface area contributed by atoms with E-state index >= 15 is 0 Å². The van der Waals surface area contributed by atoms with Crippen molar-refractivity contribution in [2.45, 2.75) is 33.8 Å². The lowest BCUT2D eigenvalue weighted by atomic mass is 9.81. The summed E-state index contributed by atoms with van der Waals surface area (Å²) < 4.78 is 5.07. The van der Waals surface area contributed by atoms with Crippen LogP contribution in [0.1, 0.15) is 27.7 Å². The van der Waals surface area contributed by atoms with Gasteiger partial charge in [0, 0.05) is 5.41 Å². The van der Waals surface area contributed by atoms with E-state index in [1.165, 1.54) is 6.26 Å². The van der Waals surface area contributed by atoms with Gasteiger partial charge < -0.3 is 9.84 Å². The van der Waals surface area contributed by atoms with E-state index in [4.69, 9.17) is 4.74 Å². The molecule has 0 aromatic heterocycles. The van der Waals surface area contributed by atoms with Gasteiger partial charge in [-0.05, 0) is 5.92 Å². The van der Waals surface area contributed by atoms with Crippen molar-refractivity contribution < 1.29 is 9.84 Å². The van der Waals surface area contributed by atoms with Gasteiger partial charge in [0.15, 0.2) is 0 Å². The van der Waals surface area contributed by atoms with Gasteiger partial charge in [0.25, 0.3) is 0 Å². The molecule has 0 aromatic carbocycles. The summed E-state index contributed by atoms with van der Waals surface area (Å²) in [6, 6.07) is 0. The minimum Gasteiger partial charge on any atom is -0.501 e. The lowest BCUT2D eigenvalue weighted by Gasteiger charge is -2.32. The standard InChI is InChI=1S/C10H20O2/c1-6-12-7-10(4,5)9(11)8(2)3/h6,8-9,11H,1,7H2,2-5H3. The maximum atomic E-state index is 9.77. The second-order valence-corrected chi connectivity index (χ2v) is 4.16. The maximum absolute atomic E-state index is 9.77. The van der Waals surface area contributed by atoms with Crippen molar-refractivity contribution in [1.29, 1.82) is 0 Å². The van der Waals surface area contributed by atoms with Crippen LogP contribution in [0.15, 0.2) is 12.8 Å². The largest absolute Gasteiger partial charge is 0.501 e. The third kappa shape index (κ3) is 3.26. The van der Waals surface area contributed by atoms with Gasteiger partial charge in [-0.1, -0.05) is 34.3 Å². The van der Waals surface area contributed by atoms with Gasteiger partial charge in [0.1, 0.15) is 0 Å². The smallest absolute Gasteiger partial charge is 0.0948 e. The molecule has 2 heteroatoms. The highest BCUT2D eigenvalue weighted by Crippen LogP contribution is 2.26. The summed E-state index contributed by atoms with van der Waals surface area (Å²) in [5, 5.41) is 9.77. The molecule has 0 fully saturated rings. The van der Waals surface area contributed by atoms with Crippen LogP contribution in [0.25, 0.3) is 0 Å². The average molecular weight is 172 g/mol. The second-order valence-electron chi connectivity index (χ2n) is 4.16. The first kappa shape index (κ1) is 11.5. The zero-order valence-corrected chi connectivity index (χ0v) is 8.50. The summed E-state index contributed by atoms with van der Waals surface area (Å²) in [6.07, 6.45) is 1.08. The fourth-order valence-corrected chi connectivity index (χ4v) is 1.26. The molecule has 0 amide bonds. The maximum Gasteiger partial charge on any atom is 0.0948 e. The first-order chi connectivity index (χ1) is 5.41. The molecule has 0 saturated heterocycles. The molecule has 0 saturated carbocycles. The molecule has 0 spiro atoms. The third-order valence-electron chi connectivity index (χ3n) is 2.01. The third-order valence-corrected chi connectivity index (χ3v) is 2.01. The predicted molar refractivity (Wildman–Crippen MR) is 50.8 cm³/mol. The molecule has 0 rings (SSSR count). The van der Waals surface area contributed by atoms with Gasteiger partial charge in [0.2, 0.25) is 0 Å². The Morgan fingerprint density at radius 1 is 1.50 bits per heavy atom. The number of aliphatic hydroxyl groups excluding tert-OH is 1. The lowest BCUT2D eigenvalue weighted by molar-refractivity contribution is -0.0240. The van der Waals surface area contributed by atoms with Gasteiger partial charge >= 0.3 is 0 Å². The Morgan fingerprint density at radius 3 is 2.33 bits per heavy atom. The van der Waals surface area contributed by atoms with Gasteiger partial charge in [-0.15, -0.1) is 0 Å². The van der Waals surface area contributed by atoms with E-state index in [1.807, 2.05) is 27.7 Å². The van der Waals surface area contributed by atoms with Gasteiger partial charge in [-0.25, -0.2) is 0 Å². The van der Waals surface area contributed by atoms with Crippen LogP contribution in [-0.4, -0.2) is 17.8 Å². The quantitative estimate of drug-likeness (QED) is 0.644. The van der Waals surface area contributed by atoms with E-state index in [2.05, 4.69) is 6.58 Å². The first-order valence-electron chi connectivity index (χ1n) is 4.32. The molecule has 0 aliphatic heterocycles. The zero-order valence-electron chi connectivity index (χ0n) is 8.50. The van der Waals surface area contributed by atoms with Crippen LogP contribution >= 0.6 is 0 Å². The first-order valence-corrected chi connectivity index (χ1v) is 4.32. The van der Waals surface area contributed by atoms with Crippen molar-refractivity contribution in [2.24, 2.45) is 11.3 Å². The summed E-state index contributed by atoms with van der Waals surface area (Å²) in [5.74, 6) is 0.258. The van der Waals surface area contributed by atoms with E-state index in [-0.39, 0.29) is 17.4 Å². The predicted octanol–water partition coefficient (Wildman–Crippen LogP) is 2.19. The van der Waals surface area contributed by atoms with Crippen LogP contribution in [0.5, 0.6) is 0 Å². The Kier molecular flexibility index (Phi) is 4.32. The van der Waals surface area contributed by atoms with E-state index in [1.54, 1.807) is 0 Å². The number of hydrogen-bond donors (Lipinski definition) is 1. The molecule has 0 bridgehead atoms. The molecule has 0 aliphatic carbocycles. The van der Waals surface area contributed by atoms with Gasteiger partial charge in [0.05, 0.1) is 19.0 Å². The molecule has 1 N–H and O–H groups in total. The van der Waals surface area contributed by atoms with E-state index < -0.39 is 0 Å². The molecule has 0 radical (unpaired) electrons. The normalized spacial score (nSPS) is 14.5. The highest BCUT2D eigenvalue weighted by Gasteiger charge is 2.30. The van der Waals surface area contributed by atoms with Crippen molar-refractivity contribution >= 4 is 0 Å². The summed E-state index contributed by atoms with van der Waals surface area (Å²) in [5.41, 5.74) is -0.206. The van der Waals surface area contributed by atoms with Crippen LogP contribution in [0.2, 0.25) is 0 Å². The Hall–Kier alpha value is -0.500. The fourth-order valence-electron chi connectivity index (χ4n) is 1.26. The molecule has 1 atom stereocenters. The van der Waals surface area contributed by atoms with Crippen molar-refractivity contribution in [3.05, 3.63) is 12.8 Å². The summed E-state index contributed by atoms with van der Waals surface area (Å²) >= 11 is 0. The summed E-state index contributed by atoms with van der Waals surface area (Å²) in [7, 11) is 0. The number of hydrogen-bond acceptors (Lipinski definition) is 2. The van der Waals surface area contributed by atoms with Crippen molar-refractivity contribution in [2.75, 3.05) is 6.61 Å². The topological polar surface area (TPSA) is 29.5 Å². The highest BCUT2D eigenvalue weighted by molar-refractivity contribution is 4.80. The number of ether oxygens (including phenoxy) is 1. The van der Waals surface area contributed by atoms with Crippen LogP contribution in [-0.2, 0) is 4.74 Å². The number of rotatable bonds is 5. The van der Waals surface area contributed by atoms with Crippen LogP contribution < -0.4 is 0 Å². The molecule has 2 nitrogen and oxygen atoms in total. The molecule has 0 heterocycles. The van der Waals surface area contributed by atoms with Crippen molar-refractivity contribution in [3.8, 4) is 0 Å². The molecule has 1 unspecified atom stereocenters. The van der Waals surface area contributed by atoms with Crippen LogP contribution in [0.4, 0.5) is 0 Å². The van der Waals surface area contributed by atoms with Crippen molar-refractivity contribution in [1.82, 2.24) is 0 Å². The van der Waals surface area contributed by atoms with E-state index in [9.17, 15) is 5.11 Å². The van der Waals surface area contributed by atoms with E-state index in [0.717, 1.165) is 0 Å². The van der Waals surface area contributed by atoms with Gasteiger partial charge in [-0.2, -0.15) is 0 Å². The Morgan fingerprint density at radius 2 is 2.00 bits per heavy atom. The average Bonchev–Trinajstić information content (AvgIpc) is 1.99. The van der Waals surface area contributed by atoms with Crippen LogP contribution in [0, 0.1) is 11.3 Å². The Labute approximate surface area is 75.2 Å². The molecule has 12 heavy (non-hydrogen) atoms. The lowest BCUT2D eigenvalue weighted by Crippen LogP contribution is -2.37. The monoisotopic (exact) mass is 172 g/mol. The Balaban J connectivity index is 4.07.